The van der Waals surface area contributed by atoms with E-state index >= 15 is 0 Å². The minimum atomic E-state index is -0.246. The van der Waals surface area contributed by atoms with Crippen LogP contribution in [0.1, 0.15) is 16.8 Å². The zero-order valence-corrected chi connectivity index (χ0v) is 9.97. The Labute approximate surface area is 105 Å². The number of hydrogen-bond donors (Lipinski definition) is 1. The molecule has 4 heteroatoms. The van der Waals surface area contributed by atoms with Crippen molar-refractivity contribution < 1.29 is 9.13 Å². The summed E-state index contributed by atoms with van der Waals surface area (Å²) < 4.78 is 18.7. The van der Waals surface area contributed by atoms with Gasteiger partial charge in [-0.1, -0.05) is 24.3 Å². The fraction of sp³-hybridized carbons (Fsp3) is 0.214. The van der Waals surface area contributed by atoms with Gasteiger partial charge >= 0.3 is 0 Å². The van der Waals surface area contributed by atoms with Crippen LogP contribution < -0.4 is 5.73 Å². The van der Waals surface area contributed by atoms with Gasteiger partial charge in [0.25, 0.3) is 0 Å². The quantitative estimate of drug-likeness (QED) is 0.881. The molecule has 94 valence electrons. The number of halogens is 1. The van der Waals surface area contributed by atoms with E-state index in [1.54, 1.807) is 24.4 Å². The van der Waals surface area contributed by atoms with Crippen molar-refractivity contribution >= 4 is 0 Å². The van der Waals surface area contributed by atoms with Crippen LogP contribution in [-0.2, 0) is 24.5 Å². The standard InChI is InChI=1S/C14H15FN2O/c15-14-4-2-1-3-12(14)9-18-10-13-6-5-11(7-16)8-17-13/h1-6,8H,7,9-10,16H2. The van der Waals surface area contributed by atoms with Crippen molar-refractivity contribution in [1.29, 1.82) is 0 Å². The minimum Gasteiger partial charge on any atom is -0.370 e. The van der Waals surface area contributed by atoms with Crippen molar-refractivity contribution in [2.75, 3.05) is 0 Å². The summed E-state index contributed by atoms with van der Waals surface area (Å²) in [5.41, 5.74) is 7.82. The number of pyridine rings is 1. The number of ether oxygens (including phenoxy) is 1. The maximum absolute atomic E-state index is 13.3. The Morgan fingerprint density at radius 2 is 1.94 bits per heavy atom. The third kappa shape index (κ3) is 3.35. The van der Waals surface area contributed by atoms with Crippen LogP contribution >= 0.6 is 0 Å². The van der Waals surface area contributed by atoms with E-state index in [-0.39, 0.29) is 12.4 Å². The molecular formula is C14H15FN2O. The molecule has 0 unspecified atom stereocenters. The fourth-order valence-corrected chi connectivity index (χ4v) is 1.54. The lowest BCUT2D eigenvalue weighted by Gasteiger charge is -2.05. The first kappa shape index (κ1) is 12.7. The van der Waals surface area contributed by atoms with E-state index in [0.717, 1.165) is 11.3 Å². The molecule has 0 atom stereocenters. The Bertz CT molecular complexity index is 499. The lowest BCUT2D eigenvalue weighted by atomic mass is 10.2. The molecule has 0 aliphatic carbocycles. The summed E-state index contributed by atoms with van der Waals surface area (Å²) in [6.07, 6.45) is 1.72. The van der Waals surface area contributed by atoms with Gasteiger partial charge < -0.3 is 10.5 Å². The molecule has 0 amide bonds. The van der Waals surface area contributed by atoms with E-state index in [9.17, 15) is 4.39 Å². The summed E-state index contributed by atoms with van der Waals surface area (Å²) in [6, 6.07) is 10.4. The second-order valence-corrected chi connectivity index (χ2v) is 3.95. The second kappa shape index (κ2) is 6.23. The molecule has 0 saturated carbocycles. The molecule has 0 radical (unpaired) electrons. The van der Waals surface area contributed by atoms with Gasteiger partial charge in [-0.3, -0.25) is 4.98 Å². The van der Waals surface area contributed by atoms with Crippen LogP contribution in [0.3, 0.4) is 0 Å². The number of aromatic nitrogens is 1. The van der Waals surface area contributed by atoms with E-state index in [1.165, 1.54) is 6.07 Å². The molecule has 0 saturated heterocycles. The Morgan fingerprint density at radius 3 is 2.61 bits per heavy atom. The number of rotatable bonds is 5. The van der Waals surface area contributed by atoms with E-state index < -0.39 is 0 Å². The van der Waals surface area contributed by atoms with Crippen LogP contribution in [0.25, 0.3) is 0 Å². The molecule has 1 aromatic heterocycles. The first-order chi connectivity index (χ1) is 8.79. The number of hydrogen-bond acceptors (Lipinski definition) is 3. The van der Waals surface area contributed by atoms with Crippen molar-refractivity contribution in [2.45, 2.75) is 19.8 Å². The maximum atomic E-state index is 13.3. The number of nitrogens with two attached hydrogens (primary N) is 1. The molecule has 3 nitrogen and oxygen atoms in total. The highest BCUT2D eigenvalue weighted by Crippen LogP contribution is 2.09. The Kier molecular flexibility index (Phi) is 4.39. The Hall–Kier alpha value is -1.78. The SMILES string of the molecule is NCc1ccc(COCc2ccccc2F)nc1. The molecular weight excluding hydrogens is 231 g/mol. The van der Waals surface area contributed by atoms with Crippen molar-refractivity contribution in [3.63, 3.8) is 0 Å². The van der Waals surface area contributed by atoms with Gasteiger partial charge in [0, 0.05) is 18.3 Å². The molecule has 18 heavy (non-hydrogen) atoms. The van der Waals surface area contributed by atoms with E-state index in [0.29, 0.717) is 18.7 Å². The summed E-state index contributed by atoms with van der Waals surface area (Å²) >= 11 is 0. The van der Waals surface area contributed by atoms with Gasteiger partial charge in [0.05, 0.1) is 18.9 Å². The van der Waals surface area contributed by atoms with E-state index in [1.807, 2.05) is 12.1 Å². The fourth-order valence-electron chi connectivity index (χ4n) is 1.54. The van der Waals surface area contributed by atoms with Crippen LogP contribution in [0, 0.1) is 5.82 Å². The van der Waals surface area contributed by atoms with Crippen LogP contribution in [0.15, 0.2) is 42.6 Å². The maximum Gasteiger partial charge on any atom is 0.128 e. The average Bonchev–Trinajstić information content (AvgIpc) is 2.42. The second-order valence-electron chi connectivity index (χ2n) is 3.95. The third-order valence-corrected chi connectivity index (χ3v) is 2.59. The van der Waals surface area contributed by atoms with Crippen molar-refractivity contribution in [3.05, 3.63) is 65.2 Å². The molecule has 1 heterocycles. The largest absolute Gasteiger partial charge is 0.370 e. The average molecular weight is 246 g/mol. The van der Waals surface area contributed by atoms with Gasteiger partial charge in [0.15, 0.2) is 0 Å². The van der Waals surface area contributed by atoms with Crippen molar-refractivity contribution in [3.8, 4) is 0 Å². The van der Waals surface area contributed by atoms with E-state index in [2.05, 4.69) is 4.98 Å². The van der Waals surface area contributed by atoms with E-state index in [4.69, 9.17) is 10.5 Å². The molecule has 0 aliphatic rings. The van der Waals surface area contributed by atoms with Crippen LogP contribution in [0.2, 0.25) is 0 Å². The summed E-state index contributed by atoms with van der Waals surface area (Å²) in [5.74, 6) is -0.246. The molecule has 0 aliphatic heterocycles. The first-order valence-corrected chi connectivity index (χ1v) is 5.74. The highest BCUT2D eigenvalue weighted by molar-refractivity contribution is 5.16. The topological polar surface area (TPSA) is 48.1 Å². The molecule has 0 fully saturated rings. The van der Waals surface area contributed by atoms with Crippen LogP contribution in [-0.4, -0.2) is 4.98 Å². The molecule has 2 aromatic rings. The highest BCUT2D eigenvalue weighted by atomic mass is 19.1. The van der Waals surface area contributed by atoms with Gasteiger partial charge in [0.2, 0.25) is 0 Å². The number of nitrogens with zero attached hydrogens (tertiary/aromatic N) is 1. The zero-order chi connectivity index (χ0) is 12.8. The van der Waals surface area contributed by atoms with Crippen molar-refractivity contribution in [1.82, 2.24) is 4.98 Å². The van der Waals surface area contributed by atoms with Crippen molar-refractivity contribution in [2.24, 2.45) is 5.73 Å². The van der Waals surface area contributed by atoms with Crippen LogP contribution in [0.5, 0.6) is 0 Å². The first-order valence-electron chi connectivity index (χ1n) is 5.74. The molecule has 2 rings (SSSR count). The summed E-state index contributed by atoms with van der Waals surface area (Å²) in [4.78, 5) is 4.20. The van der Waals surface area contributed by atoms with Crippen LogP contribution in [0.4, 0.5) is 4.39 Å². The van der Waals surface area contributed by atoms with Gasteiger partial charge in [-0.15, -0.1) is 0 Å². The Balaban J connectivity index is 1.86. The monoisotopic (exact) mass is 246 g/mol. The molecule has 0 bridgehead atoms. The smallest absolute Gasteiger partial charge is 0.128 e. The summed E-state index contributed by atoms with van der Waals surface area (Å²) in [5, 5.41) is 0. The third-order valence-electron chi connectivity index (χ3n) is 2.59. The van der Waals surface area contributed by atoms with Gasteiger partial charge in [-0.25, -0.2) is 4.39 Å². The van der Waals surface area contributed by atoms with Gasteiger partial charge in [-0.05, 0) is 17.7 Å². The normalized spacial score (nSPS) is 10.6. The van der Waals surface area contributed by atoms with Gasteiger partial charge in [-0.2, -0.15) is 0 Å². The lowest BCUT2D eigenvalue weighted by Crippen LogP contribution is -2.01. The summed E-state index contributed by atoms with van der Waals surface area (Å²) in [6.45, 7) is 1.08. The lowest BCUT2D eigenvalue weighted by molar-refractivity contribution is 0.102. The predicted octanol–water partition coefficient (Wildman–Crippen LogP) is 2.40. The minimum absolute atomic E-state index is 0.243. The summed E-state index contributed by atoms with van der Waals surface area (Å²) in [7, 11) is 0. The van der Waals surface area contributed by atoms with Gasteiger partial charge in [0.1, 0.15) is 5.82 Å². The highest BCUT2D eigenvalue weighted by Gasteiger charge is 2.01. The molecule has 2 N–H and O–H groups in total. The molecule has 1 aromatic carbocycles. The number of benzene rings is 1. The Morgan fingerprint density at radius 1 is 1.11 bits per heavy atom. The molecule has 0 spiro atoms. The predicted molar refractivity (Wildman–Crippen MR) is 67.0 cm³/mol. The zero-order valence-electron chi connectivity index (χ0n) is 9.97.